The lowest BCUT2D eigenvalue weighted by Gasteiger charge is -2.40. The molecule has 0 radical (unpaired) electrons. The van der Waals surface area contributed by atoms with Crippen molar-refractivity contribution in [1.29, 1.82) is 0 Å². The van der Waals surface area contributed by atoms with Gasteiger partial charge in [0.25, 0.3) is 0 Å². The third-order valence-electron chi connectivity index (χ3n) is 3.78. The number of nitrogens with one attached hydrogen (secondary N) is 1. The summed E-state index contributed by atoms with van der Waals surface area (Å²) in [4.78, 5) is 0. The van der Waals surface area contributed by atoms with E-state index in [9.17, 15) is 4.21 Å². The van der Waals surface area contributed by atoms with E-state index in [1.165, 1.54) is 12.8 Å². The first-order valence-electron chi connectivity index (χ1n) is 7.10. The Hall–Kier alpha value is 0.110. The normalized spacial score (nSPS) is 36.1. The van der Waals surface area contributed by atoms with Crippen LogP contribution in [0.2, 0.25) is 0 Å². The highest BCUT2D eigenvalue weighted by Gasteiger charge is 2.38. The molecule has 5 unspecified atom stereocenters. The molecule has 1 N–H and O–H groups in total. The Morgan fingerprint density at radius 2 is 1.94 bits per heavy atom. The van der Waals surface area contributed by atoms with Gasteiger partial charge >= 0.3 is 0 Å². The van der Waals surface area contributed by atoms with Crippen LogP contribution in [0.15, 0.2) is 0 Å². The summed E-state index contributed by atoms with van der Waals surface area (Å²) >= 11 is 0. The number of rotatable bonds is 5. The molecular formula is C14H29NOS. The molecule has 1 fully saturated rings. The molecule has 0 heterocycles. The van der Waals surface area contributed by atoms with Gasteiger partial charge in [-0.05, 0) is 37.6 Å². The van der Waals surface area contributed by atoms with Gasteiger partial charge in [0.2, 0.25) is 0 Å². The minimum absolute atomic E-state index is 0.279. The van der Waals surface area contributed by atoms with Crippen LogP contribution < -0.4 is 5.32 Å². The Bertz CT molecular complexity index is 255. The predicted octanol–water partition coefficient (Wildman–Crippen LogP) is 2.95. The van der Waals surface area contributed by atoms with E-state index in [4.69, 9.17) is 0 Å². The van der Waals surface area contributed by atoms with Gasteiger partial charge < -0.3 is 5.32 Å². The third-order valence-corrected chi connectivity index (χ3v) is 6.04. The summed E-state index contributed by atoms with van der Waals surface area (Å²) in [5.41, 5.74) is 0. The topological polar surface area (TPSA) is 29.1 Å². The first-order chi connectivity index (χ1) is 7.97. The van der Waals surface area contributed by atoms with Crippen molar-refractivity contribution in [2.24, 2.45) is 11.8 Å². The Labute approximate surface area is 109 Å². The monoisotopic (exact) mass is 259 g/mol. The summed E-state index contributed by atoms with van der Waals surface area (Å²) in [5, 5.41) is 4.25. The van der Waals surface area contributed by atoms with Gasteiger partial charge in [-0.2, -0.15) is 0 Å². The molecule has 1 rings (SSSR count). The zero-order valence-corrected chi connectivity index (χ0v) is 12.8. The second-order valence-electron chi connectivity index (χ2n) is 5.96. The SMILES string of the molecule is CCCNC1CC(C)CC(C)C1S(=O)C(C)C. The summed E-state index contributed by atoms with van der Waals surface area (Å²) < 4.78 is 12.5. The zero-order valence-electron chi connectivity index (χ0n) is 12.0. The van der Waals surface area contributed by atoms with Crippen molar-refractivity contribution in [3.8, 4) is 0 Å². The molecule has 1 aliphatic rings. The van der Waals surface area contributed by atoms with Gasteiger partial charge in [-0.15, -0.1) is 0 Å². The predicted molar refractivity (Wildman–Crippen MR) is 76.7 cm³/mol. The fraction of sp³-hybridized carbons (Fsp3) is 1.00. The molecule has 0 saturated heterocycles. The van der Waals surface area contributed by atoms with Crippen molar-refractivity contribution in [1.82, 2.24) is 5.32 Å². The van der Waals surface area contributed by atoms with E-state index in [1.807, 2.05) is 0 Å². The van der Waals surface area contributed by atoms with Crippen LogP contribution in [0, 0.1) is 11.8 Å². The maximum Gasteiger partial charge on any atom is 0.0529 e. The molecule has 0 amide bonds. The van der Waals surface area contributed by atoms with E-state index in [1.54, 1.807) is 0 Å². The Morgan fingerprint density at radius 1 is 1.29 bits per heavy atom. The second kappa shape index (κ2) is 6.89. The minimum atomic E-state index is -0.699. The van der Waals surface area contributed by atoms with Gasteiger partial charge in [0.15, 0.2) is 0 Å². The second-order valence-corrected chi connectivity index (χ2v) is 8.10. The summed E-state index contributed by atoms with van der Waals surface area (Å²) in [6.07, 6.45) is 3.57. The van der Waals surface area contributed by atoms with Gasteiger partial charge in [-0.25, -0.2) is 0 Å². The summed E-state index contributed by atoms with van der Waals surface area (Å²) in [5.74, 6) is 1.34. The average Bonchev–Trinajstić information content (AvgIpc) is 2.24. The van der Waals surface area contributed by atoms with Gasteiger partial charge in [0.05, 0.1) is 5.25 Å². The molecule has 0 aliphatic heterocycles. The van der Waals surface area contributed by atoms with E-state index in [2.05, 4.69) is 39.9 Å². The lowest BCUT2D eigenvalue weighted by Crippen LogP contribution is -2.51. The van der Waals surface area contributed by atoms with Crippen LogP contribution in [0.5, 0.6) is 0 Å². The quantitative estimate of drug-likeness (QED) is 0.822. The maximum atomic E-state index is 12.5. The fourth-order valence-corrected chi connectivity index (χ4v) is 4.79. The Balaban J connectivity index is 2.75. The number of hydrogen-bond donors (Lipinski definition) is 1. The molecule has 5 atom stereocenters. The highest BCUT2D eigenvalue weighted by Crippen LogP contribution is 2.33. The molecule has 1 aliphatic carbocycles. The highest BCUT2D eigenvalue weighted by molar-refractivity contribution is 7.86. The first kappa shape index (κ1) is 15.2. The summed E-state index contributed by atoms with van der Waals surface area (Å²) in [6, 6.07) is 0.455. The Kier molecular flexibility index (Phi) is 6.14. The van der Waals surface area contributed by atoms with Crippen molar-refractivity contribution in [3.63, 3.8) is 0 Å². The fourth-order valence-electron chi connectivity index (χ4n) is 3.06. The highest BCUT2D eigenvalue weighted by atomic mass is 32.2. The molecule has 0 aromatic heterocycles. The van der Waals surface area contributed by atoms with Gasteiger partial charge in [-0.3, -0.25) is 4.21 Å². The molecule has 0 aromatic rings. The molecular weight excluding hydrogens is 230 g/mol. The first-order valence-corrected chi connectivity index (χ1v) is 8.37. The van der Waals surface area contributed by atoms with Gasteiger partial charge in [0, 0.05) is 22.1 Å². The van der Waals surface area contributed by atoms with Crippen LogP contribution in [0.1, 0.15) is 53.9 Å². The molecule has 1 saturated carbocycles. The van der Waals surface area contributed by atoms with E-state index >= 15 is 0 Å². The van der Waals surface area contributed by atoms with Crippen molar-refractivity contribution in [2.75, 3.05) is 6.54 Å². The third kappa shape index (κ3) is 4.06. The molecule has 0 bridgehead atoms. The maximum absolute atomic E-state index is 12.5. The van der Waals surface area contributed by atoms with Crippen LogP contribution in [0.25, 0.3) is 0 Å². The lowest BCUT2D eigenvalue weighted by atomic mass is 9.80. The van der Waals surface area contributed by atoms with Crippen LogP contribution in [0.3, 0.4) is 0 Å². The number of hydrogen-bond acceptors (Lipinski definition) is 2. The Morgan fingerprint density at radius 3 is 2.47 bits per heavy atom. The van der Waals surface area contributed by atoms with Gasteiger partial charge in [-0.1, -0.05) is 34.6 Å². The minimum Gasteiger partial charge on any atom is -0.313 e. The van der Waals surface area contributed by atoms with Crippen LogP contribution >= 0.6 is 0 Å². The molecule has 0 spiro atoms. The largest absolute Gasteiger partial charge is 0.313 e. The van der Waals surface area contributed by atoms with Crippen molar-refractivity contribution in [2.45, 2.75) is 70.4 Å². The van der Waals surface area contributed by atoms with Crippen molar-refractivity contribution >= 4 is 10.8 Å². The van der Waals surface area contributed by atoms with Crippen molar-refractivity contribution < 1.29 is 4.21 Å². The van der Waals surface area contributed by atoms with Crippen LogP contribution in [-0.2, 0) is 10.8 Å². The summed E-state index contributed by atoms with van der Waals surface area (Å²) in [7, 11) is -0.699. The molecule has 2 nitrogen and oxygen atoms in total. The van der Waals surface area contributed by atoms with Crippen molar-refractivity contribution in [3.05, 3.63) is 0 Å². The van der Waals surface area contributed by atoms with Gasteiger partial charge in [0.1, 0.15) is 0 Å². The van der Waals surface area contributed by atoms with Crippen LogP contribution in [0.4, 0.5) is 0 Å². The van der Waals surface area contributed by atoms with Crippen LogP contribution in [-0.4, -0.2) is 27.3 Å². The molecule has 102 valence electrons. The summed E-state index contributed by atoms with van der Waals surface area (Å²) in [6.45, 7) is 12.0. The standard InChI is InChI=1S/C14H29NOS/c1-6-7-15-13-9-11(4)8-12(5)14(13)17(16)10(2)3/h10-15H,6-9H2,1-5H3. The average molecular weight is 259 g/mol. The molecule has 3 heteroatoms. The van der Waals surface area contributed by atoms with E-state index < -0.39 is 10.8 Å². The van der Waals surface area contributed by atoms with E-state index in [-0.39, 0.29) is 5.25 Å². The zero-order chi connectivity index (χ0) is 13.0. The van der Waals surface area contributed by atoms with E-state index in [0.29, 0.717) is 17.2 Å². The lowest BCUT2D eigenvalue weighted by molar-refractivity contribution is 0.245. The molecule has 0 aromatic carbocycles. The smallest absolute Gasteiger partial charge is 0.0529 e. The molecule has 17 heavy (non-hydrogen) atoms. The van der Waals surface area contributed by atoms with E-state index in [0.717, 1.165) is 18.9 Å².